The molecule has 0 N–H and O–H groups in total. The van der Waals surface area contributed by atoms with Crippen LogP contribution >= 0.6 is 0 Å². The molecule has 2 rings (SSSR count). The van der Waals surface area contributed by atoms with Gasteiger partial charge in [-0.15, -0.1) is 0 Å². The summed E-state index contributed by atoms with van der Waals surface area (Å²) in [5.74, 6) is 0.0637. The molecule has 1 aromatic heterocycles. The van der Waals surface area contributed by atoms with E-state index in [9.17, 15) is 13.2 Å². The Hall–Kier alpha value is -1.77. The molecule has 0 radical (unpaired) electrons. The highest BCUT2D eigenvalue weighted by Gasteiger charge is 2.35. The maximum atomic E-state index is 12.5. The number of aromatic nitrogens is 1. The summed E-state index contributed by atoms with van der Waals surface area (Å²) in [6, 6.07) is 2.23. The summed E-state index contributed by atoms with van der Waals surface area (Å²) in [6.07, 6.45) is -1.74. The van der Waals surface area contributed by atoms with Crippen molar-refractivity contribution in [3.8, 4) is 11.8 Å². The Morgan fingerprint density at radius 1 is 1.44 bits per heavy atom. The van der Waals surface area contributed by atoms with Crippen molar-refractivity contribution in [3.05, 3.63) is 23.5 Å². The molecule has 3 nitrogen and oxygen atoms in total. The van der Waals surface area contributed by atoms with Crippen molar-refractivity contribution in [1.82, 2.24) is 4.98 Å². The van der Waals surface area contributed by atoms with E-state index < -0.39 is 17.4 Å². The lowest BCUT2D eigenvalue weighted by atomic mass is 10.2. The van der Waals surface area contributed by atoms with E-state index >= 15 is 0 Å². The van der Waals surface area contributed by atoms with Crippen molar-refractivity contribution >= 4 is 0 Å². The average molecular weight is 228 g/mol. The van der Waals surface area contributed by atoms with Gasteiger partial charge < -0.3 is 4.74 Å². The van der Waals surface area contributed by atoms with Gasteiger partial charge in [0.2, 0.25) is 0 Å². The molecule has 0 bridgehead atoms. The maximum Gasteiger partial charge on any atom is 0.419 e. The summed E-state index contributed by atoms with van der Waals surface area (Å²) in [5, 5.41) is 8.51. The first-order chi connectivity index (χ1) is 7.50. The van der Waals surface area contributed by atoms with E-state index in [0.29, 0.717) is 0 Å². The summed E-state index contributed by atoms with van der Waals surface area (Å²) in [5.41, 5.74) is -1.68. The Morgan fingerprint density at radius 2 is 2.12 bits per heavy atom. The topological polar surface area (TPSA) is 45.9 Å². The molecular weight excluding hydrogens is 221 g/mol. The van der Waals surface area contributed by atoms with E-state index in [1.165, 1.54) is 6.07 Å². The molecule has 0 aromatic carbocycles. The number of hydrogen-bond acceptors (Lipinski definition) is 3. The zero-order valence-electron chi connectivity index (χ0n) is 8.08. The van der Waals surface area contributed by atoms with Crippen LogP contribution in [-0.2, 0) is 6.18 Å². The first kappa shape index (κ1) is 10.7. The molecule has 1 saturated carbocycles. The second-order valence-corrected chi connectivity index (χ2v) is 3.49. The van der Waals surface area contributed by atoms with Gasteiger partial charge in [0.05, 0.1) is 17.9 Å². The standard InChI is InChI=1S/C10H7F3N2O/c11-10(12,13)8-3-7(16-6-1-2-6)5-15-9(8)4-14/h3,5-6H,1-2H2. The number of nitriles is 1. The van der Waals surface area contributed by atoms with Gasteiger partial charge in [-0.1, -0.05) is 0 Å². The zero-order valence-corrected chi connectivity index (χ0v) is 8.08. The molecule has 0 saturated heterocycles. The number of rotatable bonds is 2. The minimum Gasteiger partial charge on any atom is -0.489 e. The van der Waals surface area contributed by atoms with Crippen LogP contribution in [0.15, 0.2) is 12.3 Å². The minimum atomic E-state index is -4.58. The lowest BCUT2D eigenvalue weighted by Gasteiger charge is -2.10. The minimum absolute atomic E-state index is 0.00387. The van der Waals surface area contributed by atoms with Crippen molar-refractivity contribution in [2.45, 2.75) is 25.1 Å². The van der Waals surface area contributed by atoms with E-state index in [2.05, 4.69) is 4.98 Å². The van der Waals surface area contributed by atoms with Crippen LogP contribution in [0.1, 0.15) is 24.1 Å². The largest absolute Gasteiger partial charge is 0.489 e. The van der Waals surface area contributed by atoms with Crippen molar-refractivity contribution in [2.24, 2.45) is 0 Å². The van der Waals surface area contributed by atoms with Gasteiger partial charge in [0.1, 0.15) is 11.8 Å². The van der Waals surface area contributed by atoms with Gasteiger partial charge in [0.15, 0.2) is 5.69 Å². The van der Waals surface area contributed by atoms with E-state index in [1.807, 2.05) is 0 Å². The van der Waals surface area contributed by atoms with Gasteiger partial charge in [-0.2, -0.15) is 18.4 Å². The number of pyridine rings is 1. The third-order valence-corrected chi connectivity index (χ3v) is 2.10. The maximum absolute atomic E-state index is 12.5. The summed E-state index contributed by atoms with van der Waals surface area (Å²) < 4.78 is 42.8. The summed E-state index contributed by atoms with van der Waals surface area (Å²) in [6.45, 7) is 0. The molecule has 0 unspecified atom stereocenters. The van der Waals surface area contributed by atoms with Crippen LogP contribution in [0.4, 0.5) is 13.2 Å². The second-order valence-electron chi connectivity index (χ2n) is 3.49. The number of hydrogen-bond donors (Lipinski definition) is 0. The number of nitrogens with zero attached hydrogens (tertiary/aromatic N) is 2. The monoisotopic (exact) mass is 228 g/mol. The zero-order chi connectivity index (χ0) is 11.8. The molecule has 0 aliphatic heterocycles. The first-order valence-corrected chi connectivity index (χ1v) is 4.64. The molecular formula is C10H7F3N2O. The highest BCUT2D eigenvalue weighted by atomic mass is 19.4. The van der Waals surface area contributed by atoms with E-state index in [1.54, 1.807) is 0 Å². The molecule has 1 aromatic rings. The Balaban J connectivity index is 2.34. The Bertz CT molecular complexity index is 446. The molecule has 0 spiro atoms. The molecule has 1 heterocycles. The summed E-state index contributed by atoms with van der Waals surface area (Å²) >= 11 is 0. The van der Waals surface area contributed by atoms with Crippen LogP contribution in [0.5, 0.6) is 5.75 Å². The molecule has 0 amide bonds. The average Bonchev–Trinajstić information content (AvgIpc) is 3.00. The molecule has 84 valence electrons. The Labute approximate surface area is 89.5 Å². The van der Waals surface area contributed by atoms with E-state index in [4.69, 9.17) is 10.00 Å². The van der Waals surface area contributed by atoms with Crippen molar-refractivity contribution < 1.29 is 17.9 Å². The van der Waals surface area contributed by atoms with Crippen LogP contribution in [0.2, 0.25) is 0 Å². The quantitative estimate of drug-likeness (QED) is 0.781. The number of ether oxygens (including phenoxy) is 1. The third-order valence-electron chi connectivity index (χ3n) is 2.10. The molecule has 1 fully saturated rings. The van der Waals surface area contributed by atoms with Crippen LogP contribution < -0.4 is 4.74 Å². The number of alkyl halides is 3. The van der Waals surface area contributed by atoms with E-state index in [0.717, 1.165) is 25.1 Å². The first-order valence-electron chi connectivity index (χ1n) is 4.64. The lowest BCUT2D eigenvalue weighted by molar-refractivity contribution is -0.138. The predicted molar refractivity (Wildman–Crippen MR) is 47.6 cm³/mol. The normalized spacial score (nSPS) is 15.6. The molecule has 6 heteroatoms. The van der Waals surface area contributed by atoms with Gasteiger partial charge in [0, 0.05) is 0 Å². The van der Waals surface area contributed by atoms with Crippen molar-refractivity contribution in [2.75, 3.05) is 0 Å². The second kappa shape index (κ2) is 3.67. The Kier molecular flexibility index (Phi) is 2.46. The predicted octanol–water partition coefficient (Wildman–Crippen LogP) is 2.51. The molecule has 16 heavy (non-hydrogen) atoms. The van der Waals surface area contributed by atoms with Crippen LogP contribution in [0.3, 0.4) is 0 Å². The molecule has 0 atom stereocenters. The van der Waals surface area contributed by atoms with E-state index in [-0.39, 0.29) is 11.9 Å². The van der Waals surface area contributed by atoms with Crippen LogP contribution in [-0.4, -0.2) is 11.1 Å². The van der Waals surface area contributed by atoms with Gasteiger partial charge in [0.25, 0.3) is 0 Å². The van der Waals surface area contributed by atoms with Gasteiger partial charge >= 0.3 is 6.18 Å². The summed E-state index contributed by atoms with van der Waals surface area (Å²) in [7, 11) is 0. The number of halogens is 3. The van der Waals surface area contributed by atoms with Crippen molar-refractivity contribution in [1.29, 1.82) is 5.26 Å². The van der Waals surface area contributed by atoms with Crippen molar-refractivity contribution in [3.63, 3.8) is 0 Å². The lowest BCUT2D eigenvalue weighted by Crippen LogP contribution is -2.10. The Morgan fingerprint density at radius 3 is 2.62 bits per heavy atom. The molecule has 1 aliphatic carbocycles. The fourth-order valence-corrected chi connectivity index (χ4v) is 1.19. The fraction of sp³-hybridized carbons (Fsp3) is 0.400. The highest BCUT2D eigenvalue weighted by Crippen LogP contribution is 2.34. The highest BCUT2D eigenvalue weighted by molar-refractivity contribution is 5.38. The molecule has 1 aliphatic rings. The fourth-order valence-electron chi connectivity index (χ4n) is 1.19. The van der Waals surface area contributed by atoms with Crippen LogP contribution in [0, 0.1) is 11.3 Å². The third kappa shape index (κ3) is 2.24. The van der Waals surface area contributed by atoms with Gasteiger partial charge in [-0.05, 0) is 18.9 Å². The SMILES string of the molecule is N#Cc1ncc(OC2CC2)cc1C(F)(F)F. The smallest absolute Gasteiger partial charge is 0.419 e. The van der Waals surface area contributed by atoms with Crippen LogP contribution in [0.25, 0.3) is 0 Å². The van der Waals surface area contributed by atoms with Gasteiger partial charge in [-0.3, -0.25) is 0 Å². The summed E-state index contributed by atoms with van der Waals surface area (Å²) in [4.78, 5) is 3.44. The van der Waals surface area contributed by atoms with Gasteiger partial charge in [-0.25, -0.2) is 4.98 Å².